The molecule has 3 aliphatic heterocycles. The summed E-state index contributed by atoms with van der Waals surface area (Å²) in [5, 5.41) is 5.58. The van der Waals surface area contributed by atoms with Crippen molar-refractivity contribution in [3.05, 3.63) is 35.5 Å². The lowest BCUT2D eigenvalue weighted by Gasteiger charge is -2.52. The van der Waals surface area contributed by atoms with Crippen LogP contribution in [0.2, 0.25) is 0 Å². The first-order valence-corrected chi connectivity index (χ1v) is 11.8. The fourth-order valence-corrected chi connectivity index (χ4v) is 4.88. The number of urea groups is 1. The van der Waals surface area contributed by atoms with Gasteiger partial charge in [0.15, 0.2) is 5.82 Å². The minimum absolute atomic E-state index is 0.0517. The number of carbonyl (C=O) groups excluding carboxylic acids is 1. The third kappa shape index (κ3) is 4.28. The Labute approximate surface area is 194 Å². The number of hydrogen-bond acceptors (Lipinski definition) is 7. The maximum Gasteiger partial charge on any atom is 0.319 e. The molecule has 2 saturated heterocycles. The van der Waals surface area contributed by atoms with Crippen LogP contribution in [-0.4, -0.2) is 79.0 Å². The molecule has 4 heterocycles. The fraction of sp³-hybridized carbons (Fsp3) is 0.542. The summed E-state index contributed by atoms with van der Waals surface area (Å²) < 4.78 is 11.2. The smallest absolute Gasteiger partial charge is 0.319 e. The van der Waals surface area contributed by atoms with E-state index in [1.54, 1.807) is 0 Å². The highest BCUT2D eigenvalue weighted by Gasteiger charge is 2.48. The molecule has 2 amide bonds. The van der Waals surface area contributed by atoms with Crippen LogP contribution in [0.15, 0.2) is 24.3 Å². The van der Waals surface area contributed by atoms with Crippen LogP contribution in [0.4, 0.5) is 16.3 Å². The van der Waals surface area contributed by atoms with E-state index in [0.717, 1.165) is 74.4 Å². The van der Waals surface area contributed by atoms with Crippen LogP contribution in [0.1, 0.15) is 25.1 Å². The van der Waals surface area contributed by atoms with E-state index in [2.05, 4.69) is 27.4 Å². The van der Waals surface area contributed by atoms with E-state index in [1.807, 2.05) is 31.2 Å². The summed E-state index contributed by atoms with van der Waals surface area (Å²) in [7, 11) is 0. The first-order valence-electron chi connectivity index (χ1n) is 11.8. The van der Waals surface area contributed by atoms with Gasteiger partial charge in [-0.15, -0.1) is 0 Å². The number of carbonyl (C=O) groups is 1. The van der Waals surface area contributed by atoms with Crippen molar-refractivity contribution < 1.29 is 14.3 Å². The molecule has 9 nitrogen and oxygen atoms in total. The topological polar surface area (TPSA) is 91.9 Å². The van der Waals surface area contributed by atoms with Crippen LogP contribution in [0.25, 0.3) is 11.4 Å². The highest BCUT2D eigenvalue weighted by atomic mass is 16.5. The first-order chi connectivity index (χ1) is 16.1. The van der Waals surface area contributed by atoms with Crippen molar-refractivity contribution in [3.8, 4) is 11.4 Å². The normalized spacial score (nSPS) is 19.6. The molecule has 0 atom stereocenters. The molecule has 1 aromatic heterocycles. The minimum atomic E-state index is -0.210. The average molecular weight is 453 g/mol. The molecule has 0 radical (unpaired) electrons. The molecule has 0 bridgehead atoms. The summed E-state index contributed by atoms with van der Waals surface area (Å²) in [5.41, 5.74) is 4.08. The maximum absolute atomic E-state index is 11.8. The molecule has 3 aliphatic rings. The fourth-order valence-electron chi connectivity index (χ4n) is 4.88. The summed E-state index contributed by atoms with van der Waals surface area (Å²) in [4.78, 5) is 26.8. The number of aromatic nitrogens is 2. The third-order valence-corrected chi connectivity index (χ3v) is 6.76. The number of nitrogens with zero attached hydrogens (tertiary/aromatic N) is 4. The van der Waals surface area contributed by atoms with Crippen molar-refractivity contribution in [1.82, 2.24) is 20.2 Å². The number of rotatable bonds is 5. The lowest BCUT2D eigenvalue weighted by Crippen LogP contribution is -2.65. The molecule has 33 heavy (non-hydrogen) atoms. The van der Waals surface area contributed by atoms with Crippen molar-refractivity contribution in [2.45, 2.75) is 32.4 Å². The van der Waals surface area contributed by atoms with E-state index in [4.69, 9.17) is 19.4 Å². The second-order valence-corrected chi connectivity index (χ2v) is 8.87. The van der Waals surface area contributed by atoms with Gasteiger partial charge < -0.3 is 25.0 Å². The van der Waals surface area contributed by atoms with Gasteiger partial charge in [0.05, 0.1) is 37.7 Å². The zero-order chi connectivity index (χ0) is 22.8. The van der Waals surface area contributed by atoms with E-state index in [-0.39, 0.29) is 11.6 Å². The van der Waals surface area contributed by atoms with E-state index in [0.29, 0.717) is 19.8 Å². The molecule has 0 unspecified atom stereocenters. The number of anilines is 2. The van der Waals surface area contributed by atoms with E-state index < -0.39 is 0 Å². The maximum atomic E-state index is 11.8. The predicted molar refractivity (Wildman–Crippen MR) is 127 cm³/mol. The van der Waals surface area contributed by atoms with Gasteiger partial charge in [-0.05, 0) is 37.7 Å². The van der Waals surface area contributed by atoms with E-state index >= 15 is 0 Å². The van der Waals surface area contributed by atoms with Crippen molar-refractivity contribution in [2.24, 2.45) is 0 Å². The monoisotopic (exact) mass is 452 g/mol. The SMILES string of the molecule is CCNC(=O)Nc1ccc(-c2nc3c(c(N4CCOCC4)n2)CN(CC)C2(COC2)C3)cc1. The van der Waals surface area contributed by atoms with Gasteiger partial charge in [-0.3, -0.25) is 4.90 Å². The molecular formula is C24H32N6O3. The summed E-state index contributed by atoms with van der Waals surface area (Å²) in [6.45, 7) is 11.1. The minimum Gasteiger partial charge on any atom is -0.378 e. The Morgan fingerprint density at radius 1 is 1.09 bits per heavy atom. The number of amides is 2. The number of nitrogens with one attached hydrogen (secondary N) is 2. The number of fused-ring (bicyclic) bond motifs is 1. The van der Waals surface area contributed by atoms with Crippen LogP contribution in [0.3, 0.4) is 0 Å². The van der Waals surface area contributed by atoms with Gasteiger partial charge in [0.1, 0.15) is 5.82 Å². The molecule has 2 fully saturated rings. The van der Waals surface area contributed by atoms with Crippen LogP contribution in [-0.2, 0) is 22.4 Å². The van der Waals surface area contributed by atoms with Crippen molar-refractivity contribution >= 4 is 17.5 Å². The zero-order valence-electron chi connectivity index (χ0n) is 19.4. The number of ether oxygens (including phenoxy) is 2. The summed E-state index contributed by atoms with van der Waals surface area (Å²) in [6, 6.07) is 7.51. The zero-order valence-corrected chi connectivity index (χ0v) is 19.4. The summed E-state index contributed by atoms with van der Waals surface area (Å²) in [5.74, 6) is 1.75. The largest absolute Gasteiger partial charge is 0.378 e. The van der Waals surface area contributed by atoms with Gasteiger partial charge in [0.25, 0.3) is 0 Å². The molecule has 5 rings (SSSR count). The Balaban J connectivity index is 1.49. The molecule has 1 aromatic carbocycles. The van der Waals surface area contributed by atoms with Crippen LogP contribution in [0.5, 0.6) is 0 Å². The molecule has 0 saturated carbocycles. The number of benzene rings is 1. The Hall–Kier alpha value is -2.75. The number of likely N-dealkylation sites (N-methyl/N-ethyl adjacent to an activating group) is 1. The first kappa shape index (κ1) is 22.1. The van der Waals surface area contributed by atoms with Crippen molar-refractivity contribution in [1.29, 1.82) is 0 Å². The molecule has 9 heteroatoms. The van der Waals surface area contributed by atoms with Crippen LogP contribution >= 0.6 is 0 Å². The molecule has 1 spiro atoms. The number of hydrogen-bond donors (Lipinski definition) is 2. The molecule has 2 N–H and O–H groups in total. The lowest BCUT2D eigenvalue weighted by atomic mass is 9.83. The third-order valence-electron chi connectivity index (χ3n) is 6.76. The lowest BCUT2D eigenvalue weighted by molar-refractivity contribution is -0.147. The number of morpholine rings is 1. The van der Waals surface area contributed by atoms with E-state index in [1.165, 1.54) is 5.56 Å². The second-order valence-electron chi connectivity index (χ2n) is 8.87. The average Bonchev–Trinajstić information content (AvgIpc) is 2.82. The Morgan fingerprint density at radius 2 is 1.85 bits per heavy atom. The second kappa shape index (κ2) is 9.24. The quantitative estimate of drug-likeness (QED) is 0.719. The molecular weight excluding hydrogens is 420 g/mol. The molecule has 0 aliphatic carbocycles. The van der Waals surface area contributed by atoms with Crippen LogP contribution < -0.4 is 15.5 Å². The Bertz CT molecular complexity index is 1000. The predicted octanol–water partition coefficient (Wildman–Crippen LogP) is 2.27. The molecule has 2 aromatic rings. The van der Waals surface area contributed by atoms with Gasteiger partial charge in [0, 0.05) is 49.4 Å². The van der Waals surface area contributed by atoms with Gasteiger partial charge in [0.2, 0.25) is 0 Å². The van der Waals surface area contributed by atoms with Crippen molar-refractivity contribution in [2.75, 3.05) is 62.8 Å². The Kier molecular flexibility index (Phi) is 6.18. The van der Waals surface area contributed by atoms with Gasteiger partial charge >= 0.3 is 6.03 Å². The summed E-state index contributed by atoms with van der Waals surface area (Å²) >= 11 is 0. The van der Waals surface area contributed by atoms with Crippen molar-refractivity contribution in [3.63, 3.8) is 0 Å². The van der Waals surface area contributed by atoms with Gasteiger partial charge in [-0.1, -0.05) is 6.92 Å². The van der Waals surface area contributed by atoms with Gasteiger partial charge in [-0.25, -0.2) is 14.8 Å². The highest BCUT2D eigenvalue weighted by molar-refractivity contribution is 5.89. The van der Waals surface area contributed by atoms with Crippen LogP contribution in [0, 0.1) is 0 Å². The standard InChI is InChI=1S/C24H32N6O3/c1-3-25-23(31)26-18-7-5-17(6-8-18)21-27-20-13-24(15-33-16-24)30(4-2)14-19(20)22(28-21)29-9-11-32-12-10-29/h5-8H,3-4,9-16H2,1-2H3,(H2,25,26,31). The van der Waals surface area contributed by atoms with Gasteiger partial charge in [-0.2, -0.15) is 0 Å². The summed E-state index contributed by atoms with van der Waals surface area (Å²) in [6.07, 6.45) is 0.875. The highest BCUT2D eigenvalue weighted by Crippen LogP contribution is 2.39. The molecule has 176 valence electrons. The Morgan fingerprint density at radius 3 is 2.48 bits per heavy atom. The van der Waals surface area contributed by atoms with E-state index in [9.17, 15) is 4.79 Å².